The molecule has 1 N–H and O–H groups in total. The van der Waals surface area contributed by atoms with Crippen LogP contribution in [0.3, 0.4) is 0 Å². The highest BCUT2D eigenvalue weighted by Crippen LogP contribution is 2.29. The molecule has 0 aliphatic heterocycles. The van der Waals surface area contributed by atoms with Crippen molar-refractivity contribution in [3.8, 4) is 5.75 Å². The van der Waals surface area contributed by atoms with Gasteiger partial charge in [0.25, 0.3) is 5.91 Å². The third-order valence-electron chi connectivity index (χ3n) is 4.67. The lowest BCUT2D eigenvalue weighted by Gasteiger charge is -2.15. The Morgan fingerprint density at radius 2 is 1.79 bits per heavy atom. The summed E-state index contributed by atoms with van der Waals surface area (Å²) in [5.74, 6) is -0.503. The van der Waals surface area contributed by atoms with E-state index in [-0.39, 0.29) is 5.69 Å². The number of nitrogens with zero attached hydrogens (tertiary/aromatic N) is 1. The van der Waals surface area contributed by atoms with Crippen LogP contribution in [0.5, 0.6) is 5.75 Å². The minimum Gasteiger partial charge on any atom is -0.449 e. The van der Waals surface area contributed by atoms with Gasteiger partial charge in [-0.05, 0) is 57.2 Å². The van der Waals surface area contributed by atoms with Crippen molar-refractivity contribution >= 4 is 29.3 Å². The van der Waals surface area contributed by atoms with Crippen LogP contribution >= 0.6 is 11.8 Å². The van der Waals surface area contributed by atoms with Gasteiger partial charge in [0, 0.05) is 21.9 Å². The van der Waals surface area contributed by atoms with Crippen LogP contribution in [0.4, 0.5) is 18.9 Å². The van der Waals surface area contributed by atoms with Crippen LogP contribution in [0, 0.1) is 13.8 Å². The van der Waals surface area contributed by atoms with Gasteiger partial charge in [-0.2, -0.15) is 0 Å². The smallest absolute Gasteiger partial charge is 0.449 e. The molecule has 0 spiro atoms. The summed E-state index contributed by atoms with van der Waals surface area (Å²) in [6.45, 7) is 5.05. The number of aromatic nitrogens is 1. The van der Waals surface area contributed by atoms with Gasteiger partial charge in [0.05, 0.1) is 11.3 Å². The Labute approximate surface area is 197 Å². The molecule has 7 nitrogen and oxygen atoms in total. The number of halogens is 3. The molecule has 0 bridgehead atoms. The van der Waals surface area contributed by atoms with Crippen molar-refractivity contribution in [2.45, 2.75) is 43.9 Å². The fourth-order valence-corrected chi connectivity index (χ4v) is 4.07. The molecule has 0 aliphatic rings. The van der Waals surface area contributed by atoms with Gasteiger partial charge in [-0.3, -0.25) is 4.79 Å². The van der Waals surface area contributed by atoms with E-state index in [0.717, 1.165) is 23.4 Å². The van der Waals surface area contributed by atoms with Crippen LogP contribution in [-0.4, -0.2) is 29.5 Å². The van der Waals surface area contributed by atoms with E-state index in [1.54, 1.807) is 24.3 Å². The molecule has 0 aliphatic carbocycles. The average Bonchev–Trinajstić information content (AvgIpc) is 3.10. The van der Waals surface area contributed by atoms with Crippen LogP contribution in [0.2, 0.25) is 0 Å². The summed E-state index contributed by atoms with van der Waals surface area (Å²) in [5.41, 5.74) is 2.23. The molecule has 34 heavy (non-hydrogen) atoms. The second-order valence-corrected chi connectivity index (χ2v) is 8.21. The molecule has 3 rings (SSSR count). The first kappa shape index (κ1) is 25.2. The zero-order valence-electron chi connectivity index (χ0n) is 18.4. The SMILES string of the molecule is Cc1noc(C)c1CSc1ccccc1C(=O)OC(C)C(=O)Nc1ccc(OC(F)(F)F)cc1. The van der Waals surface area contributed by atoms with Gasteiger partial charge in [-0.15, -0.1) is 24.9 Å². The van der Waals surface area contributed by atoms with Crippen molar-refractivity contribution in [3.05, 3.63) is 71.1 Å². The maximum atomic E-state index is 12.7. The topological polar surface area (TPSA) is 90.7 Å². The Bertz CT molecular complexity index is 1140. The van der Waals surface area contributed by atoms with Crippen LogP contribution in [0.1, 0.15) is 34.3 Å². The third kappa shape index (κ3) is 6.77. The number of rotatable bonds is 8. The molecular weight excluding hydrogens is 473 g/mol. The number of hydrogen-bond donors (Lipinski definition) is 1. The number of amides is 1. The van der Waals surface area contributed by atoms with Crippen molar-refractivity contribution in [2.75, 3.05) is 5.32 Å². The third-order valence-corrected chi connectivity index (χ3v) is 5.77. The molecule has 1 amide bonds. The minimum absolute atomic E-state index is 0.220. The van der Waals surface area contributed by atoms with Crippen LogP contribution in [0.25, 0.3) is 0 Å². The molecule has 3 aromatic rings. The van der Waals surface area contributed by atoms with Gasteiger partial charge in [-0.1, -0.05) is 17.3 Å². The molecule has 180 valence electrons. The summed E-state index contributed by atoms with van der Waals surface area (Å²) < 4.78 is 51.0. The molecule has 11 heteroatoms. The van der Waals surface area contributed by atoms with E-state index >= 15 is 0 Å². The van der Waals surface area contributed by atoms with E-state index in [2.05, 4.69) is 15.2 Å². The number of thioether (sulfide) groups is 1. The second kappa shape index (κ2) is 10.6. The number of esters is 1. The molecular formula is C23H21F3N2O5S. The van der Waals surface area contributed by atoms with E-state index in [4.69, 9.17) is 9.26 Å². The Kier molecular flexibility index (Phi) is 7.87. The number of ether oxygens (including phenoxy) is 2. The van der Waals surface area contributed by atoms with Crippen molar-refractivity contribution in [2.24, 2.45) is 0 Å². The van der Waals surface area contributed by atoms with Crippen molar-refractivity contribution in [1.29, 1.82) is 0 Å². The van der Waals surface area contributed by atoms with Crippen LogP contribution in [-0.2, 0) is 15.3 Å². The predicted octanol–water partition coefficient (Wildman–Crippen LogP) is 5.67. The first-order chi connectivity index (χ1) is 16.0. The van der Waals surface area contributed by atoms with Crippen molar-refractivity contribution < 1.29 is 36.8 Å². The van der Waals surface area contributed by atoms with Gasteiger partial charge in [0.2, 0.25) is 0 Å². The molecule has 1 unspecified atom stereocenters. The summed E-state index contributed by atoms with van der Waals surface area (Å²) >= 11 is 1.41. The molecule has 1 atom stereocenters. The largest absolute Gasteiger partial charge is 0.573 e. The molecule has 0 saturated carbocycles. The lowest BCUT2D eigenvalue weighted by molar-refractivity contribution is -0.274. The predicted molar refractivity (Wildman–Crippen MR) is 119 cm³/mol. The van der Waals surface area contributed by atoms with E-state index < -0.39 is 30.1 Å². The minimum atomic E-state index is -4.81. The summed E-state index contributed by atoms with van der Waals surface area (Å²) in [7, 11) is 0. The van der Waals surface area contributed by atoms with Gasteiger partial charge < -0.3 is 19.3 Å². The van der Waals surface area contributed by atoms with E-state index in [1.807, 2.05) is 13.8 Å². The van der Waals surface area contributed by atoms with E-state index in [0.29, 0.717) is 22.0 Å². The van der Waals surface area contributed by atoms with E-state index in [1.165, 1.54) is 30.8 Å². The lowest BCUT2D eigenvalue weighted by atomic mass is 10.2. The number of benzene rings is 2. The number of carbonyl (C=O) groups is 2. The maximum absolute atomic E-state index is 12.7. The average molecular weight is 494 g/mol. The lowest BCUT2D eigenvalue weighted by Crippen LogP contribution is -2.30. The van der Waals surface area contributed by atoms with E-state index in [9.17, 15) is 22.8 Å². The summed E-state index contributed by atoms with van der Waals surface area (Å²) in [6, 6.07) is 11.5. The Morgan fingerprint density at radius 3 is 2.41 bits per heavy atom. The highest BCUT2D eigenvalue weighted by molar-refractivity contribution is 7.98. The molecule has 0 radical (unpaired) electrons. The Hall–Kier alpha value is -3.47. The quantitative estimate of drug-likeness (QED) is 0.319. The van der Waals surface area contributed by atoms with Crippen LogP contribution in [0.15, 0.2) is 57.9 Å². The van der Waals surface area contributed by atoms with Gasteiger partial charge in [0.15, 0.2) is 6.10 Å². The van der Waals surface area contributed by atoms with Gasteiger partial charge in [0.1, 0.15) is 11.5 Å². The highest BCUT2D eigenvalue weighted by Gasteiger charge is 2.31. The normalized spacial score (nSPS) is 12.2. The van der Waals surface area contributed by atoms with Crippen molar-refractivity contribution in [1.82, 2.24) is 5.16 Å². The standard InChI is InChI=1S/C23H21F3N2O5S/c1-13-19(14(2)33-28-13)12-34-20-7-5-4-6-18(20)22(30)31-15(3)21(29)27-16-8-10-17(11-9-16)32-23(24,25)26/h4-11,15H,12H2,1-3H3,(H,27,29). The number of aryl methyl sites for hydroxylation is 2. The number of hydrogen-bond acceptors (Lipinski definition) is 7. The monoisotopic (exact) mass is 494 g/mol. The van der Waals surface area contributed by atoms with Crippen molar-refractivity contribution in [3.63, 3.8) is 0 Å². The molecule has 0 saturated heterocycles. The number of anilines is 1. The van der Waals surface area contributed by atoms with Crippen LogP contribution < -0.4 is 10.1 Å². The molecule has 1 heterocycles. The Morgan fingerprint density at radius 1 is 1.12 bits per heavy atom. The summed E-state index contributed by atoms with van der Waals surface area (Å²) in [5, 5.41) is 6.40. The zero-order valence-corrected chi connectivity index (χ0v) is 19.3. The molecule has 1 aromatic heterocycles. The molecule has 2 aromatic carbocycles. The zero-order chi connectivity index (χ0) is 24.9. The summed E-state index contributed by atoms with van der Waals surface area (Å²) in [4.78, 5) is 25.8. The number of alkyl halides is 3. The highest BCUT2D eigenvalue weighted by atomic mass is 32.2. The number of carbonyl (C=O) groups excluding carboxylic acids is 2. The second-order valence-electron chi connectivity index (χ2n) is 7.20. The summed E-state index contributed by atoms with van der Waals surface area (Å²) in [6.07, 6.45) is -5.96. The molecule has 0 fully saturated rings. The Balaban J connectivity index is 1.60. The maximum Gasteiger partial charge on any atom is 0.573 e. The van der Waals surface area contributed by atoms with Gasteiger partial charge in [-0.25, -0.2) is 4.79 Å². The fraction of sp³-hybridized carbons (Fsp3) is 0.261. The van der Waals surface area contributed by atoms with Gasteiger partial charge >= 0.3 is 12.3 Å². The fourth-order valence-electron chi connectivity index (χ4n) is 2.88. The first-order valence-corrected chi connectivity index (χ1v) is 11.0. The number of nitrogens with one attached hydrogen (secondary N) is 1. The first-order valence-electron chi connectivity index (χ1n) is 10.0.